The van der Waals surface area contributed by atoms with Crippen LogP contribution in [0.5, 0.6) is 0 Å². The Morgan fingerprint density at radius 3 is 2.25 bits per heavy atom. The fourth-order valence-electron chi connectivity index (χ4n) is 4.58. The lowest BCUT2D eigenvalue weighted by Crippen LogP contribution is -2.32. The maximum absolute atomic E-state index is 15.3. The Hall–Kier alpha value is -4.30. The molecule has 4 N–H and O–H groups in total. The second-order valence-corrected chi connectivity index (χ2v) is 10.3. The smallest absolute Gasteiger partial charge is 0.253 e. The lowest BCUT2D eigenvalue weighted by atomic mass is 9.92. The van der Waals surface area contributed by atoms with Gasteiger partial charge in [0.1, 0.15) is 11.6 Å². The van der Waals surface area contributed by atoms with Crippen LogP contribution in [-0.2, 0) is 4.79 Å². The molecule has 1 heterocycles. The van der Waals surface area contributed by atoms with Crippen molar-refractivity contribution < 1.29 is 23.2 Å². The van der Waals surface area contributed by atoms with Gasteiger partial charge in [0, 0.05) is 27.9 Å². The molecule has 0 aliphatic carbocycles. The molecule has 0 unspecified atom stereocenters. The van der Waals surface area contributed by atoms with E-state index >= 15 is 4.39 Å². The topological polar surface area (TPSA) is 105 Å². The molecule has 0 aliphatic heterocycles. The Morgan fingerprint density at radius 1 is 0.950 bits per heavy atom. The molecular formula is C31H28ClF2N3O3. The number of benzene rings is 3. The minimum absolute atomic E-state index is 0.0682. The number of H-pyrrole nitrogens is 1. The zero-order valence-electron chi connectivity index (χ0n) is 22.1. The molecule has 0 radical (unpaired) electrons. The van der Waals surface area contributed by atoms with E-state index in [0.29, 0.717) is 16.1 Å². The van der Waals surface area contributed by atoms with E-state index in [1.165, 1.54) is 13.1 Å². The Labute approximate surface area is 235 Å². The molecule has 0 saturated heterocycles. The van der Waals surface area contributed by atoms with Crippen molar-refractivity contribution >= 4 is 29.2 Å². The largest absolute Gasteiger partial charge is 0.370 e. The number of rotatable bonds is 9. The molecule has 3 aromatic carbocycles. The van der Waals surface area contributed by atoms with E-state index < -0.39 is 35.3 Å². The average molecular weight is 564 g/mol. The number of aromatic amines is 1. The van der Waals surface area contributed by atoms with Crippen molar-refractivity contribution in [2.75, 3.05) is 0 Å². The zero-order valence-corrected chi connectivity index (χ0v) is 22.9. The Balaban J connectivity index is 1.83. The molecule has 1 atom stereocenters. The van der Waals surface area contributed by atoms with Gasteiger partial charge in [-0.1, -0.05) is 61.8 Å². The van der Waals surface area contributed by atoms with E-state index in [1.807, 2.05) is 26.0 Å². The summed E-state index contributed by atoms with van der Waals surface area (Å²) in [6.07, 6.45) is 1.02. The molecule has 4 aromatic rings. The molecule has 0 spiro atoms. The Bertz CT molecular complexity index is 1600. The van der Waals surface area contributed by atoms with Crippen LogP contribution < -0.4 is 11.1 Å². The van der Waals surface area contributed by atoms with Crippen LogP contribution >= 0.6 is 11.6 Å². The minimum atomic E-state index is -0.868. The molecule has 0 bridgehead atoms. The summed E-state index contributed by atoms with van der Waals surface area (Å²) in [5, 5.41) is 3.12. The lowest BCUT2D eigenvalue weighted by Gasteiger charge is -2.19. The van der Waals surface area contributed by atoms with Gasteiger partial charge in [-0.05, 0) is 53.8 Å². The van der Waals surface area contributed by atoms with Crippen LogP contribution in [0.15, 0.2) is 66.9 Å². The second kappa shape index (κ2) is 11.8. The Morgan fingerprint density at radius 2 is 1.62 bits per heavy atom. The molecule has 9 heteroatoms. The van der Waals surface area contributed by atoms with Gasteiger partial charge < -0.3 is 16.0 Å². The maximum Gasteiger partial charge on any atom is 0.253 e. The van der Waals surface area contributed by atoms with Crippen LogP contribution in [0, 0.1) is 18.6 Å². The number of aromatic nitrogens is 1. The fraction of sp³-hybridized carbons (Fsp3) is 0.194. The van der Waals surface area contributed by atoms with E-state index in [2.05, 4.69) is 10.3 Å². The van der Waals surface area contributed by atoms with Crippen molar-refractivity contribution in [1.82, 2.24) is 10.3 Å². The van der Waals surface area contributed by atoms with Crippen molar-refractivity contribution in [2.45, 2.75) is 39.2 Å². The van der Waals surface area contributed by atoms with Gasteiger partial charge in [0.05, 0.1) is 23.7 Å². The van der Waals surface area contributed by atoms with E-state index in [0.717, 1.165) is 17.7 Å². The van der Waals surface area contributed by atoms with Gasteiger partial charge in [0.2, 0.25) is 11.7 Å². The maximum atomic E-state index is 15.3. The molecule has 0 saturated carbocycles. The van der Waals surface area contributed by atoms with E-state index in [9.17, 15) is 18.8 Å². The monoisotopic (exact) mass is 563 g/mol. The van der Waals surface area contributed by atoms with Crippen molar-refractivity contribution in [3.63, 3.8) is 0 Å². The third-order valence-electron chi connectivity index (χ3n) is 6.75. The first-order valence-electron chi connectivity index (χ1n) is 12.6. The van der Waals surface area contributed by atoms with Gasteiger partial charge in [-0.15, -0.1) is 0 Å². The molecule has 1 aromatic heterocycles. The van der Waals surface area contributed by atoms with Crippen molar-refractivity contribution in [3.8, 4) is 11.1 Å². The minimum Gasteiger partial charge on any atom is -0.370 e. The third kappa shape index (κ3) is 5.97. The fourth-order valence-corrected chi connectivity index (χ4v) is 4.78. The molecular weight excluding hydrogens is 536 g/mol. The van der Waals surface area contributed by atoms with Gasteiger partial charge in [-0.3, -0.25) is 14.4 Å². The Kier molecular flexibility index (Phi) is 8.49. The number of halogens is 3. The number of hydrogen-bond donors (Lipinski definition) is 3. The van der Waals surface area contributed by atoms with Gasteiger partial charge in [-0.25, -0.2) is 8.78 Å². The quantitative estimate of drug-likeness (QED) is 0.199. The van der Waals surface area contributed by atoms with Crippen LogP contribution in [0.3, 0.4) is 0 Å². The molecule has 40 heavy (non-hydrogen) atoms. The average Bonchev–Trinajstić information content (AvgIpc) is 3.35. The summed E-state index contributed by atoms with van der Waals surface area (Å²) in [5.74, 6) is -3.16. The summed E-state index contributed by atoms with van der Waals surface area (Å²) in [4.78, 5) is 41.9. The first-order valence-corrected chi connectivity index (χ1v) is 13.0. The first-order chi connectivity index (χ1) is 19.0. The second-order valence-electron chi connectivity index (χ2n) is 9.84. The highest BCUT2D eigenvalue weighted by atomic mass is 35.5. The summed E-state index contributed by atoms with van der Waals surface area (Å²) >= 11 is 6.11. The summed E-state index contributed by atoms with van der Waals surface area (Å²) < 4.78 is 29.9. The number of ketones is 1. The summed E-state index contributed by atoms with van der Waals surface area (Å²) in [7, 11) is 0. The molecule has 0 aliphatic rings. The SMILES string of the molecule is Cc1c(F)ccc(F)c1-c1c(C(=O)N[C@@H](CC(N)=O)c2cccc(Cl)c2)c[nH]c1C(=O)c1ccc(C(C)C)cc1. The summed E-state index contributed by atoms with van der Waals surface area (Å²) in [5.41, 5.74) is 6.72. The zero-order chi connectivity index (χ0) is 29.1. The number of nitrogens with two attached hydrogens (primary N) is 1. The predicted octanol–water partition coefficient (Wildman–Crippen LogP) is 6.62. The molecule has 206 valence electrons. The lowest BCUT2D eigenvalue weighted by molar-refractivity contribution is -0.118. The number of carbonyl (C=O) groups excluding carboxylic acids is 3. The van der Waals surface area contributed by atoms with E-state index in [4.69, 9.17) is 17.3 Å². The van der Waals surface area contributed by atoms with Crippen LogP contribution in [0.4, 0.5) is 8.78 Å². The highest BCUT2D eigenvalue weighted by molar-refractivity contribution is 6.30. The highest BCUT2D eigenvalue weighted by Crippen LogP contribution is 2.35. The standard InChI is InChI=1S/C31H28ClF2N3O3/c1-16(2)18-7-9-19(10-8-18)30(39)29-28(27-17(3)23(33)11-12-24(27)34)22(15-36-29)31(40)37-25(14-26(35)38)20-5-4-6-21(32)13-20/h4-13,15-16,25,36H,14H2,1-3H3,(H2,35,38)(H,37,40)/t25-/m0/s1. The molecule has 0 fully saturated rings. The van der Waals surface area contributed by atoms with Gasteiger partial charge >= 0.3 is 0 Å². The summed E-state index contributed by atoms with van der Waals surface area (Å²) in [6, 6.07) is 14.6. The van der Waals surface area contributed by atoms with Crippen LogP contribution in [0.1, 0.15) is 75.3 Å². The number of hydrogen-bond acceptors (Lipinski definition) is 3. The third-order valence-corrected chi connectivity index (χ3v) is 6.99. The number of carbonyl (C=O) groups is 3. The number of nitrogens with one attached hydrogen (secondary N) is 2. The van der Waals surface area contributed by atoms with Gasteiger partial charge in [0.15, 0.2) is 0 Å². The van der Waals surface area contributed by atoms with E-state index in [1.54, 1.807) is 36.4 Å². The normalized spacial score (nSPS) is 11.9. The van der Waals surface area contributed by atoms with Crippen molar-refractivity contribution in [2.24, 2.45) is 5.73 Å². The predicted molar refractivity (Wildman–Crippen MR) is 150 cm³/mol. The van der Waals surface area contributed by atoms with Gasteiger partial charge in [0.25, 0.3) is 5.91 Å². The van der Waals surface area contributed by atoms with Crippen LogP contribution in [-0.4, -0.2) is 22.6 Å². The number of amides is 2. The highest BCUT2D eigenvalue weighted by Gasteiger charge is 2.29. The number of primary amides is 1. The van der Waals surface area contributed by atoms with Crippen LogP contribution in [0.2, 0.25) is 5.02 Å². The van der Waals surface area contributed by atoms with Crippen molar-refractivity contribution in [3.05, 3.63) is 117 Å². The first kappa shape index (κ1) is 28.7. The van der Waals surface area contributed by atoms with Crippen molar-refractivity contribution in [1.29, 1.82) is 0 Å². The van der Waals surface area contributed by atoms with Crippen LogP contribution in [0.25, 0.3) is 11.1 Å². The summed E-state index contributed by atoms with van der Waals surface area (Å²) in [6.45, 7) is 5.42. The van der Waals surface area contributed by atoms with Gasteiger partial charge in [-0.2, -0.15) is 0 Å². The molecule has 4 rings (SSSR count). The van der Waals surface area contributed by atoms with E-state index in [-0.39, 0.29) is 40.3 Å². The molecule has 6 nitrogen and oxygen atoms in total. The molecule has 2 amide bonds.